The van der Waals surface area contributed by atoms with Gasteiger partial charge < -0.3 is 0 Å². The van der Waals surface area contributed by atoms with Crippen molar-refractivity contribution in [1.82, 2.24) is 0 Å². The van der Waals surface area contributed by atoms with E-state index in [0.29, 0.717) is 0 Å². The first-order valence-electron chi connectivity index (χ1n) is 2.93. The van der Waals surface area contributed by atoms with Crippen LogP contribution in [0, 0.1) is 17.2 Å². The molecule has 1 unspecified atom stereocenters. The Balaban J connectivity index is 3.52. The number of hydrogen-bond acceptors (Lipinski definition) is 1. The number of rotatable bonds is 4. The normalized spacial score (nSPS) is 13.1. The SMILES string of the molecule is N#CCCC(CF)C(F)F. The fourth-order valence-corrected chi connectivity index (χ4v) is 0.520. The van der Waals surface area contributed by atoms with Crippen LogP contribution in [0.5, 0.6) is 0 Å². The lowest BCUT2D eigenvalue weighted by atomic mass is 10.1. The molecule has 0 heterocycles. The van der Waals surface area contributed by atoms with Crippen LogP contribution in [0.2, 0.25) is 0 Å². The lowest BCUT2D eigenvalue weighted by Gasteiger charge is -2.07. The molecule has 0 amide bonds. The Hall–Kier alpha value is -0.720. The fraction of sp³-hybridized carbons (Fsp3) is 0.833. The van der Waals surface area contributed by atoms with Crippen LogP contribution in [0.3, 0.4) is 0 Å². The van der Waals surface area contributed by atoms with Crippen LogP contribution in [-0.4, -0.2) is 13.1 Å². The van der Waals surface area contributed by atoms with Gasteiger partial charge in [-0.05, 0) is 6.42 Å². The summed E-state index contributed by atoms with van der Waals surface area (Å²) in [6.45, 7) is -1.04. The van der Waals surface area contributed by atoms with Crippen molar-refractivity contribution < 1.29 is 13.2 Å². The Morgan fingerprint density at radius 1 is 1.40 bits per heavy atom. The van der Waals surface area contributed by atoms with Crippen LogP contribution in [0.25, 0.3) is 0 Å². The number of alkyl halides is 3. The van der Waals surface area contributed by atoms with Gasteiger partial charge in [-0.25, -0.2) is 8.78 Å². The topological polar surface area (TPSA) is 23.8 Å². The van der Waals surface area contributed by atoms with Crippen LogP contribution in [0.15, 0.2) is 0 Å². The van der Waals surface area contributed by atoms with Crippen molar-refractivity contribution in [2.75, 3.05) is 6.67 Å². The number of nitrogens with zero attached hydrogens (tertiary/aromatic N) is 1. The molecule has 0 aliphatic carbocycles. The number of hydrogen-bond donors (Lipinski definition) is 0. The van der Waals surface area contributed by atoms with Gasteiger partial charge in [0.1, 0.15) is 0 Å². The summed E-state index contributed by atoms with van der Waals surface area (Å²) in [7, 11) is 0. The minimum atomic E-state index is -2.64. The first-order valence-corrected chi connectivity index (χ1v) is 2.93. The van der Waals surface area contributed by atoms with E-state index >= 15 is 0 Å². The monoisotopic (exact) mass is 151 g/mol. The van der Waals surface area contributed by atoms with Gasteiger partial charge in [-0.2, -0.15) is 5.26 Å². The Morgan fingerprint density at radius 3 is 2.30 bits per heavy atom. The summed E-state index contributed by atoms with van der Waals surface area (Å²) in [5.41, 5.74) is 0. The summed E-state index contributed by atoms with van der Waals surface area (Å²) in [5, 5.41) is 7.98. The molecule has 0 rings (SSSR count). The highest BCUT2D eigenvalue weighted by Crippen LogP contribution is 2.15. The van der Waals surface area contributed by atoms with Gasteiger partial charge in [0.05, 0.1) is 12.7 Å². The highest BCUT2D eigenvalue weighted by Gasteiger charge is 2.18. The van der Waals surface area contributed by atoms with E-state index < -0.39 is 19.0 Å². The molecular formula is C6H8F3N. The zero-order chi connectivity index (χ0) is 7.98. The molecule has 0 aromatic heterocycles. The van der Waals surface area contributed by atoms with Gasteiger partial charge in [0, 0.05) is 12.3 Å². The highest BCUT2D eigenvalue weighted by molar-refractivity contribution is 4.72. The van der Waals surface area contributed by atoms with Gasteiger partial charge in [-0.15, -0.1) is 0 Å². The van der Waals surface area contributed by atoms with Crippen LogP contribution < -0.4 is 0 Å². The van der Waals surface area contributed by atoms with E-state index in [2.05, 4.69) is 0 Å². The van der Waals surface area contributed by atoms with Crippen LogP contribution in [0.1, 0.15) is 12.8 Å². The summed E-state index contributed by atoms with van der Waals surface area (Å²) >= 11 is 0. The van der Waals surface area contributed by atoms with Crippen molar-refractivity contribution in [3.8, 4) is 6.07 Å². The highest BCUT2D eigenvalue weighted by atomic mass is 19.3. The van der Waals surface area contributed by atoms with Gasteiger partial charge >= 0.3 is 0 Å². The molecule has 0 aromatic carbocycles. The van der Waals surface area contributed by atoms with Crippen molar-refractivity contribution in [3.63, 3.8) is 0 Å². The molecule has 0 bridgehead atoms. The third-order valence-electron chi connectivity index (χ3n) is 1.18. The Bertz CT molecular complexity index is 119. The minimum absolute atomic E-state index is 0.00106. The van der Waals surface area contributed by atoms with Gasteiger partial charge in [0.15, 0.2) is 0 Å². The van der Waals surface area contributed by atoms with E-state index in [9.17, 15) is 13.2 Å². The molecule has 0 aliphatic heterocycles. The summed E-state index contributed by atoms with van der Waals surface area (Å²) < 4.78 is 35.0. The Morgan fingerprint density at radius 2 is 2.00 bits per heavy atom. The van der Waals surface area contributed by atoms with E-state index in [4.69, 9.17) is 5.26 Å². The third-order valence-corrected chi connectivity index (χ3v) is 1.18. The van der Waals surface area contributed by atoms with E-state index in [1.165, 1.54) is 0 Å². The van der Waals surface area contributed by atoms with Crippen LogP contribution >= 0.6 is 0 Å². The number of nitriles is 1. The first-order chi connectivity index (χ1) is 4.72. The summed E-state index contributed by atoms with van der Waals surface area (Å²) in [6, 6.07) is 1.69. The molecule has 0 aliphatic rings. The molecule has 10 heavy (non-hydrogen) atoms. The van der Waals surface area contributed by atoms with Gasteiger partial charge in [-0.3, -0.25) is 4.39 Å². The predicted octanol–water partition coefficient (Wildman–Crippen LogP) is 2.14. The molecule has 0 aromatic rings. The molecule has 0 fully saturated rings. The molecule has 0 N–H and O–H groups in total. The summed E-state index contributed by atoms with van der Waals surface area (Å²) in [6.07, 6.45) is -2.69. The van der Waals surface area contributed by atoms with E-state index in [-0.39, 0.29) is 12.8 Å². The second kappa shape index (κ2) is 5.10. The third kappa shape index (κ3) is 3.33. The second-order valence-corrected chi connectivity index (χ2v) is 1.95. The van der Waals surface area contributed by atoms with Gasteiger partial charge in [0.2, 0.25) is 6.43 Å². The molecule has 0 spiro atoms. The van der Waals surface area contributed by atoms with Crippen molar-refractivity contribution in [2.24, 2.45) is 5.92 Å². The maximum absolute atomic E-state index is 11.7. The molecule has 1 atom stereocenters. The average Bonchev–Trinajstić information content (AvgIpc) is 1.89. The van der Waals surface area contributed by atoms with Gasteiger partial charge in [0.25, 0.3) is 0 Å². The minimum Gasteiger partial charge on any atom is -0.251 e. The zero-order valence-corrected chi connectivity index (χ0v) is 5.36. The molecule has 0 saturated carbocycles. The number of halogens is 3. The fourth-order valence-electron chi connectivity index (χ4n) is 0.520. The van der Waals surface area contributed by atoms with Gasteiger partial charge in [-0.1, -0.05) is 0 Å². The molecule has 0 saturated heterocycles. The van der Waals surface area contributed by atoms with Crippen molar-refractivity contribution >= 4 is 0 Å². The molecule has 0 radical (unpaired) electrons. The smallest absolute Gasteiger partial charge is 0.243 e. The average molecular weight is 151 g/mol. The van der Waals surface area contributed by atoms with Crippen molar-refractivity contribution in [1.29, 1.82) is 5.26 Å². The standard InChI is InChI=1S/C6H8F3N/c7-4-5(6(8)9)2-1-3-10/h5-6H,1-2,4H2. The molecule has 1 nitrogen and oxygen atoms in total. The Labute approximate surface area is 57.5 Å². The van der Waals surface area contributed by atoms with Crippen molar-refractivity contribution in [3.05, 3.63) is 0 Å². The lowest BCUT2D eigenvalue weighted by Crippen LogP contribution is -2.12. The molecule has 58 valence electrons. The molecular weight excluding hydrogens is 143 g/mol. The largest absolute Gasteiger partial charge is 0.251 e. The van der Waals surface area contributed by atoms with E-state index in [1.807, 2.05) is 0 Å². The summed E-state index contributed by atoms with van der Waals surface area (Å²) in [5.74, 6) is -1.25. The van der Waals surface area contributed by atoms with E-state index in [0.717, 1.165) is 0 Å². The van der Waals surface area contributed by atoms with Crippen LogP contribution in [-0.2, 0) is 0 Å². The zero-order valence-electron chi connectivity index (χ0n) is 5.36. The Kier molecular flexibility index (Phi) is 4.73. The maximum Gasteiger partial charge on any atom is 0.243 e. The summed E-state index contributed by atoms with van der Waals surface area (Å²) in [4.78, 5) is 0. The quantitative estimate of drug-likeness (QED) is 0.603. The second-order valence-electron chi connectivity index (χ2n) is 1.95. The first kappa shape index (κ1) is 9.28. The van der Waals surface area contributed by atoms with Crippen LogP contribution in [0.4, 0.5) is 13.2 Å². The predicted molar refractivity (Wildman–Crippen MR) is 30.3 cm³/mol. The van der Waals surface area contributed by atoms with Crippen molar-refractivity contribution in [2.45, 2.75) is 19.3 Å². The molecule has 4 heteroatoms. The lowest BCUT2D eigenvalue weighted by molar-refractivity contribution is 0.0586. The van der Waals surface area contributed by atoms with E-state index in [1.54, 1.807) is 6.07 Å². The maximum atomic E-state index is 11.7.